The highest BCUT2D eigenvalue weighted by Gasteiger charge is 2.17. The Kier molecular flexibility index (Phi) is 6.15. The standard InChI is InChI=1S/C17H14ClN3O4S2/c1-2-25-11-4-5-12-15(8-11)27-17(20-12)26-9-16(22)19-13-7-10(18)3-6-14(13)21(23)24/h3-8H,2,9H2,1H3,(H,19,22). The van der Waals surface area contributed by atoms with E-state index < -0.39 is 4.92 Å². The van der Waals surface area contributed by atoms with Gasteiger partial charge in [-0.2, -0.15) is 0 Å². The van der Waals surface area contributed by atoms with E-state index in [4.69, 9.17) is 16.3 Å². The summed E-state index contributed by atoms with van der Waals surface area (Å²) in [4.78, 5) is 27.1. The first kappa shape index (κ1) is 19.4. The molecular weight excluding hydrogens is 410 g/mol. The van der Waals surface area contributed by atoms with E-state index in [-0.39, 0.29) is 23.0 Å². The van der Waals surface area contributed by atoms with Crippen LogP contribution in [0.4, 0.5) is 11.4 Å². The minimum atomic E-state index is -0.567. The van der Waals surface area contributed by atoms with Gasteiger partial charge in [0.25, 0.3) is 5.69 Å². The Hall–Kier alpha value is -2.36. The number of nitrogens with zero attached hydrogens (tertiary/aromatic N) is 2. The lowest BCUT2D eigenvalue weighted by Gasteiger charge is -2.05. The molecule has 0 atom stereocenters. The third-order valence-electron chi connectivity index (χ3n) is 3.41. The second-order valence-electron chi connectivity index (χ2n) is 5.30. The SMILES string of the molecule is CCOc1ccc2nc(SCC(=O)Nc3cc(Cl)ccc3[N+](=O)[O-])sc2c1. The van der Waals surface area contributed by atoms with Crippen LogP contribution in [0.3, 0.4) is 0 Å². The molecule has 0 saturated carbocycles. The number of thioether (sulfide) groups is 1. The van der Waals surface area contributed by atoms with Crippen LogP contribution < -0.4 is 10.1 Å². The number of ether oxygens (including phenoxy) is 1. The average molecular weight is 424 g/mol. The van der Waals surface area contributed by atoms with Crippen LogP contribution in [0, 0.1) is 10.1 Å². The molecular formula is C17H14ClN3O4S2. The Morgan fingerprint density at radius 1 is 1.37 bits per heavy atom. The van der Waals surface area contributed by atoms with E-state index >= 15 is 0 Å². The van der Waals surface area contributed by atoms with E-state index in [1.54, 1.807) is 0 Å². The van der Waals surface area contributed by atoms with Crippen molar-refractivity contribution < 1.29 is 14.5 Å². The molecule has 10 heteroatoms. The minimum absolute atomic E-state index is 0.0712. The van der Waals surface area contributed by atoms with Crippen LogP contribution in [0.15, 0.2) is 40.7 Å². The van der Waals surface area contributed by atoms with Crippen molar-refractivity contribution in [3.63, 3.8) is 0 Å². The maximum absolute atomic E-state index is 12.2. The molecule has 3 rings (SSSR count). The molecule has 1 heterocycles. The molecule has 0 fully saturated rings. The maximum Gasteiger partial charge on any atom is 0.292 e. The molecule has 2 aromatic carbocycles. The Bertz CT molecular complexity index is 1010. The fraction of sp³-hybridized carbons (Fsp3) is 0.176. The van der Waals surface area contributed by atoms with Crippen LogP contribution in [-0.4, -0.2) is 28.2 Å². The number of aromatic nitrogens is 1. The van der Waals surface area contributed by atoms with Crippen LogP contribution in [0.5, 0.6) is 5.75 Å². The van der Waals surface area contributed by atoms with Gasteiger partial charge in [0.05, 0.1) is 27.5 Å². The predicted octanol–water partition coefficient (Wildman–Crippen LogP) is 4.99. The highest BCUT2D eigenvalue weighted by molar-refractivity contribution is 8.01. The minimum Gasteiger partial charge on any atom is -0.494 e. The summed E-state index contributed by atoms with van der Waals surface area (Å²) in [7, 11) is 0. The van der Waals surface area contributed by atoms with Gasteiger partial charge in [0, 0.05) is 11.1 Å². The fourth-order valence-corrected chi connectivity index (χ4v) is 4.35. The molecule has 7 nitrogen and oxygen atoms in total. The molecule has 1 amide bonds. The van der Waals surface area contributed by atoms with Gasteiger partial charge in [-0.15, -0.1) is 11.3 Å². The van der Waals surface area contributed by atoms with Gasteiger partial charge in [-0.3, -0.25) is 14.9 Å². The lowest BCUT2D eigenvalue weighted by molar-refractivity contribution is -0.383. The summed E-state index contributed by atoms with van der Waals surface area (Å²) in [5.41, 5.74) is 0.696. The van der Waals surface area contributed by atoms with E-state index in [0.717, 1.165) is 20.3 Å². The number of thiazole rings is 1. The predicted molar refractivity (Wildman–Crippen MR) is 108 cm³/mol. The number of hydrogen-bond donors (Lipinski definition) is 1. The maximum atomic E-state index is 12.2. The van der Waals surface area contributed by atoms with E-state index in [9.17, 15) is 14.9 Å². The summed E-state index contributed by atoms with van der Waals surface area (Å²) in [6, 6.07) is 9.66. The third kappa shape index (κ3) is 4.88. The zero-order valence-corrected chi connectivity index (χ0v) is 16.5. The number of nitro benzene ring substituents is 1. The first-order chi connectivity index (χ1) is 13.0. The second-order valence-corrected chi connectivity index (χ2v) is 7.99. The number of nitro groups is 1. The number of halogens is 1. The first-order valence-electron chi connectivity index (χ1n) is 7.86. The second kappa shape index (κ2) is 8.55. The number of amides is 1. The average Bonchev–Trinajstić information content (AvgIpc) is 3.02. The largest absolute Gasteiger partial charge is 0.494 e. The molecule has 3 aromatic rings. The van der Waals surface area contributed by atoms with Crippen LogP contribution in [0.1, 0.15) is 6.92 Å². The van der Waals surface area contributed by atoms with E-state index in [1.165, 1.54) is 41.3 Å². The molecule has 1 aromatic heterocycles. The highest BCUT2D eigenvalue weighted by Crippen LogP contribution is 2.32. The van der Waals surface area contributed by atoms with Crippen LogP contribution in [0.2, 0.25) is 5.02 Å². The van der Waals surface area contributed by atoms with Gasteiger partial charge in [0.2, 0.25) is 5.91 Å². The smallest absolute Gasteiger partial charge is 0.292 e. The zero-order chi connectivity index (χ0) is 19.4. The highest BCUT2D eigenvalue weighted by atomic mass is 35.5. The fourth-order valence-electron chi connectivity index (χ4n) is 2.28. The summed E-state index contributed by atoms with van der Waals surface area (Å²) >= 11 is 8.58. The molecule has 1 N–H and O–H groups in total. The monoisotopic (exact) mass is 423 g/mol. The van der Waals surface area contributed by atoms with E-state index in [1.807, 2.05) is 25.1 Å². The van der Waals surface area contributed by atoms with E-state index in [2.05, 4.69) is 10.3 Å². The number of anilines is 1. The molecule has 0 saturated heterocycles. The number of nitrogens with one attached hydrogen (secondary N) is 1. The van der Waals surface area contributed by atoms with Gasteiger partial charge >= 0.3 is 0 Å². The normalized spacial score (nSPS) is 10.7. The molecule has 0 aliphatic rings. The summed E-state index contributed by atoms with van der Waals surface area (Å²) in [6.07, 6.45) is 0. The molecule has 0 bridgehead atoms. The Labute approximate surface area is 167 Å². The molecule has 27 heavy (non-hydrogen) atoms. The van der Waals surface area contributed by atoms with Gasteiger partial charge < -0.3 is 10.1 Å². The first-order valence-corrected chi connectivity index (χ1v) is 10.0. The van der Waals surface area contributed by atoms with Crippen molar-refractivity contribution in [2.24, 2.45) is 0 Å². The molecule has 0 unspecified atom stereocenters. The number of rotatable bonds is 7. The van der Waals surface area contributed by atoms with Crippen molar-refractivity contribution in [3.8, 4) is 5.75 Å². The Morgan fingerprint density at radius 2 is 2.19 bits per heavy atom. The van der Waals surface area contributed by atoms with Crippen molar-refractivity contribution in [1.82, 2.24) is 4.98 Å². The van der Waals surface area contributed by atoms with Gasteiger partial charge in [0.15, 0.2) is 4.34 Å². The number of carbonyl (C=O) groups is 1. The lowest BCUT2D eigenvalue weighted by atomic mass is 10.2. The van der Waals surface area contributed by atoms with Crippen molar-refractivity contribution in [2.75, 3.05) is 17.7 Å². The van der Waals surface area contributed by atoms with Gasteiger partial charge in [-0.05, 0) is 37.3 Å². The summed E-state index contributed by atoms with van der Waals surface area (Å²) in [5, 5.41) is 13.9. The summed E-state index contributed by atoms with van der Waals surface area (Å²) in [6.45, 7) is 2.50. The molecule has 140 valence electrons. The number of carbonyl (C=O) groups excluding carboxylic acids is 1. The van der Waals surface area contributed by atoms with Crippen LogP contribution >= 0.6 is 34.7 Å². The Balaban J connectivity index is 1.66. The number of benzene rings is 2. The zero-order valence-electron chi connectivity index (χ0n) is 14.1. The Morgan fingerprint density at radius 3 is 2.93 bits per heavy atom. The molecule has 0 radical (unpaired) electrons. The molecule has 0 aliphatic heterocycles. The molecule has 0 spiro atoms. The summed E-state index contributed by atoms with van der Waals surface area (Å²) < 4.78 is 7.17. The van der Waals surface area contributed by atoms with Gasteiger partial charge in [0.1, 0.15) is 11.4 Å². The topological polar surface area (TPSA) is 94.4 Å². The number of hydrogen-bond acceptors (Lipinski definition) is 7. The van der Waals surface area contributed by atoms with E-state index in [0.29, 0.717) is 11.6 Å². The van der Waals surface area contributed by atoms with Crippen molar-refractivity contribution in [2.45, 2.75) is 11.3 Å². The van der Waals surface area contributed by atoms with Gasteiger partial charge in [-0.1, -0.05) is 23.4 Å². The van der Waals surface area contributed by atoms with Crippen LogP contribution in [0.25, 0.3) is 10.2 Å². The van der Waals surface area contributed by atoms with Crippen molar-refractivity contribution >= 4 is 62.2 Å². The number of fused-ring (bicyclic) bond motifs is 1. The van der Waals surface area contributed by atoms with Crippen LogP contribution in [-0.2, 0) is 4.79 Å². The van der Waals surface area contributed by atoms with Crippen molar-refractivity contribution in [1.29, 1.82) is 0 Å². The van der Waals surface area contributed by atoms with Gasteiger partial charge in [-0.25, -0.2) is 4.98 Å². The van der Waals surface area contributed by atoms with Crippen molar-refractivity contribution in [3.05, 3.63) is 51.5 Å². The quantitative estimate of drug-likeness (QED) is 0.327. The molecule has 0 aliphatic carbocycles. The summed E-state index contributed by atoms with van der Waals surface area (Å²) in [5.74, 6) is 0.470. The lowest BCUT2D eigenvalue weighted by Crippen LogP contribution is -2.15. The third-order valence-corrected chi connectivity index (χ3v) is 5.80.